The second-order valence-electron chi connectivity index (χ2n) is 8.31. The lowest BCUT2D eigenvalue weighted by atomic mass is 9.79. The van der Waals surface area contributed by atoms with E-state index in [2.05, 4.69) is 36.5 Å². The first-order valence-electron chi connectivity index (χ1n) is 10.4. The molecule has 152 valence electrons. The van der Waals surface area contributed by atoms with E-state index in [0.29, 0.717) is 5.92 Å². The van der Waals surface area contributed by atoms with Crippen LogP contribution in [0, 0.1) is 11.8 Å². The molecule has 0 radical (unpaired) electrons. The van der Waals surface area contributed by atoms with Crippen LogP contribution in [0.15, 0.2) is 48.5 Å². The van der Waals surface area contributed by atoms with E-state index in [-0.39, 0.29) is 18.4 Å². The van der Waals surface area contributed by atoms with Gasteiger partial charge in [0.05, 0.1) is 0 Å². The van der Waals surface area contributed by atoms with Crippen LogP contribution in [0.4, 0.5) is 4.79 Å². The smallest absolute Gasteiger partial charge is 0.407 e. The van der Waals surface area contributed by atoms with Crippen molar-refractivity contribution >= 4 is 12.1 Å². The van der Waals surface area contributed by atoms with Gasteiger partial charge in [-0.3, -0.25) is 0 Å². The van der Waals surface area contributed by atoms with Crippen molar-refractivity contribution in [1.29, 1.82) is 0 Å². The van der Waals surface area contributed by atoms with Crippen molar-refractivity contribution in [2.75, 3.05) is 6.61 Å². The Balaban J connectivity index is 1.42. The van der Waals surface area contributed by atoms with Crippen molar-refractivity contribution in [2.45, 2.75) is 44.6 Å². The zero-order chi connectivity index (χ0) is 20.4. The van der Waals surface area contributed by atoms with Gasteiger partial charge in [-0.2, -0.15) is 0 Å². The first kappa shape index (κ1) is 19.5. The largest absolute Gasteiger partial charge is 0.480 e. The van der Waals surface area contributed by atoms with Crippen LogP contribution in [0.5, 0.6) is 0 Å². The Morgan fingerprint density at radius 1 is 1.00 bits per heavy atom. The molecule has 0 aliphatic heterocycles. The minimum absolute atomic E-state index is 0.0352. The molecule has 4 rings (SSSR count). The molecule has 29 heavy (non-hydrogen) atoms. The molecule has 0 unspecified atom stereocenters. The molecule has 1 saturated carbocycles. The van der Waals surface area contributed by atoms with E-state index < -0.39 is 18.1 Å². The minimum Gasteiger partial charge on any atom is -0.480 e. The molecule has 5 heteroatoms. The Kier molecular flexibility index (Phi) is 5.56. The SMILES string of the molecule is CC1CCC([C@H](NC(=O)OCC2c3ccccc3-c3ccccc32)C(=O)O)CC1. The van der Waals surface area contributed by atoms with Crippen LogP contribution in [-0.2, 0) is 9.53 Å². The lowest BCUT2D eigenvalue weighted by Crippen LogP contribution is -2.47. The fourth-order valence-electron chi connectivity index (χ4n) is 4.77. The standard InChI is InChI=1S/C24H27NO4/c1-15-10-12-16(13-11-15)22(23(26)27)25-24(28)29-14-21-19-8-4-2-6-17(19)18-7-3-5-9-20(18)21/h2-9,15-16,21-22H,10-14H2,1H3,(H,25,28)(H,26,27)/t15?,16?,22-/m0/s1. The zero-order valence-electron chi connectivity index (χ0n) is 16.6. The number of ether oxygens (including phenoxy) is 1. The topological polar surface area (TPSA) is 75.6 Å². The van der Waals surface area contributed by atoms with Gasteiger partial charge in [-0.1, -0.05) is 68.3 Å². The third kappa shape index (κ3) is 4.00. The van der Waals surface area contributed by atoms with Gasteiger partial charge in [-0.15, -0.1) is 0 Å². The quantitative estimate of drug-likeness (QED) is 0.765. The molecule has 0 heterocycles. The summed E-state index contributed by atoms with van der Waals surface area (Å²) in [4.78, 5) is 24.2. The summed E-state index contributed by atoms with van der Waals surface area (Å²) in [5, 5.41) is 12.2. The number of hydrogen-bond acceptors (Lipinski definition) is 3. The number of fused-ring (bicyclic) bond motifs is 3. The molecular weight excluding hydrogens is 366 g/mol. The van der Waals surface area contributed by atoms with E-state index in [1.54, 1.807) is 0 Å². The number of rotatable bonds is 5. The second-order valence-corrected chi connectivity index (χ2v) is 8.31. The molecular formula is C24H27NO4. The van der Waals surface area contributed by atoms with Gasteiger partial charge in [0.25, 0.3) is 0 Å². The number of alkyl carbamates (subject to hydrolysis) is 1. The molecule has 2 aromatic rings. The Morgan fingerprint density at radius 3 is 2.10 bits per heavy atom. The third-order valence-electron chi connectivity index (χ3n) is 6.42. The first-order chi connectivity index (χ1) is 14.0. The predicted molar refractivity (Wildman–Crippen MR) is 111 cm³/mol. The van der Waals surface area contributed by atoms with E-state index in [1.165, 1.54) is 0 Å². The summed E-state index contributed by atoms with van der Waals surface area (Å²) in [6.07, 6.45) is 2.99. The fraction of sp³-hybridized carbons (Fsp3) is 0.417. The molecule has 5 nitrogen and oxygen atoms in total. The van der Waals surface area contributed by atoms with Gasteiger partial charge in [0.2, 0.25) is 0 Å². The normalized spacial score (nSPS) is 21.7. The summed E-state index contributed by atoms with van der Waals surface area (Å²) in [5.74, 6) is -0.440. The molecule has 2 N–H and O–H groups in total. The van der Waals surface area contributed by atoms with Crippen molar-refractivity contribution in [1.82, 2.24) is 5.32 Å². The fourth-order valence-corrected chi connectivity index (χ4v) is 4.77. The molecule has 0 spiro atoms. The number of carboxylic acids is 1. The highest BCUT2D eigenvalue weighted by Crippen LogP contribution is 2.44. The number of carbonyl (C=O) groups excluding carboxylic acids is 1. The molecule has 0 bridgehead atoms. The Morgan fingerprint density at radius 2 is 1.55 bits per heavy atom. The number of benzene rings is 2. The molecule has 2 aliphatic carbocycles. The average molecular weight is 393 g/mol. The lowest BCUT2D eigenvalue weighted by molar-refractivity contribution is -0.141. The van der Waals surface area contributed by atoms with Crippen LogP contribution in [0.3, 0.4) is 0 Å². The van der Waals surface area contributed by atoms with Crippen molar-refractivity contribution in [3.8, 4) is 11.1 Å². The highest BCUT2D eigenvalue weighted by Gasteiger charge is 2.34. The Hall–Kier alpha value is -2.82. The van der Waals surface area contributed by atoms with Gasteiger partial charge in [0, 0.05) is 5.92 Å². The molecule has 1 fully saturated rings. The van der Waals surface area contributed by atoms with Crippen LogP contribution in [0.2, 0.25) is 0 Å². The van der Waals surface area contributed by atoms with Crippen LogP contribution >= 0.6 is 0 Å². The highest BCUT2D eigenvalue weighted by atomic mass is 16.5. The van der Waals surface area contributed by atoms with Gasteiger partial charge in [0.1, 0.15) is 12.6 Å². The van der Waals surface area contributed by atoms with E-state index in [1.807, 2.05) is 24.3 Å². The molecule has 2 aromatic carbocycles. The monoisotopic (exact) mass is 393 g/mol. The van der Waals surface area contributed by atoms with Gasteiger partial charge >= 0.3 is 12.1 Å². The molecule has 1 amide bonds. The number of amides is 1. The maximum atomic E-state index is 12.4. The van der Waals surface area contributed by atoms with Crippen molar-refractivity contribution in [3.05, 3.63) is 59.7 Å². The second kappa shape index (κ2) is 8.27. The third-order valence-corrected chi connectivity index (χ3v) is 6.42. The van der Waals surface area contributed by atoms with Crippen molar-refractivity contribution < 1.29 is 19.4 Å². The van der Waals surface area contributed by atoms with E-state index in [4.69, 9.17) is 4.74 Å². The van der Waals surface area contributed by atoms with E-state index in [0.717, 1.165) is 47.9 Å². The van der Waals surface area contributed by atoms with Crippen LogP contribution in [-0.4, -0.2) is 29.8 Å². The van der Waals surface area contributed by atoms with Crippen LogP contribution in [0.25, 0.3) is 11.1 Å². The maximum Gasteiger partial charge on any atom is 0.407 e. The molecule has 2 aliphatic rings. The summed E-state index contributed by atoms with van der Waals surface area (Å²) in [7, 11) is 0. The number of hydrogen-bond donors (Lipinski definition) is 2. The maximum absolute atomic E-state index is 12.4. The molecule has 0 saturated heterocycles. The van der Waals surface area contributed by atoms with Gasteiger partial charge in [-0.05, 0) is 46.9 Å². The van der Waals surface area contributed by atoms with Gasteiger partial charge < -0.3 is 15.2 Å². The summed E-state index contributed by atoms with van der Waals surface area (Å²) in [6, 6.07) is 15.4. The van der Waals surface area contributed by atoms with Crippen LogP contribution < -0.4 is 5.32 Å². The molecule has 1 atom stereocenters. The van der Waals surface area contributed by atoms with E-state index in [9.17, 15) is 14.7 Å². The van der Waals surface area contributed by atoms with Gasteiger partial charge in [-0.25, -0.2) is 9.59 Å². The van der Waals surface area contributed by atoms with Crippen molar-refractivity contribution in [3.63, 3.8) is 0 Å². The number of carbonyl (C=O) groups is 2. The zero-order valence-corrected chi connectivity index (χ0v) is 16.6. The number of carboxylic acid groups (broad SMARTS) is 1. The summed E-state index contributed by atoms with van der Waals surface area (Å²) < 4.78 is 5.52. The first-order valence-corrected chi connectivity index (χ1v) is 10.4. The number of aliphatic carboxylic acids is 1. The number of nitrogens with one attached hydrogen (secondary N) is 1. The van der Waals surface area contributed by atoms with Gasteiger partial charge in [0.15, 0.2) is 0 Å². The Labute approximate surface area is 171 Å². The van der Waals surface area contributed by atoms with Crippen LogP contribution in [0.1, 0.15) is 49.7 Å². The minimum atomic E-state index is -0.988. The lowest BCUT2D eigenvalue weighted by Gasteiger charge is -2.30. The summed E-state index contributed by atoms with van der Waals surface area (Å²) in [6.45, 7) is 2.37. The summed E-state index contributed by atoms with van der Waals surface area (Å²) in [5.41, 5.74) is 4.60. The van der Waals surface area contributed by atoms with Crippen molar-refractivity contribution in [2.24, 2.45) is 11.8 Å². The summed E-state index contributed by atoms with van der Waals surface area (Å²) >= 11 is 0. The van der Waals surface area contributed by atoms with E-state index >= 15 is 0 Å². The average Bonchev–Trinajstić information content (AvgIpc) is 3.05. The predicted octanol–water partition coefficient (Wildman–Crippen LogP) is 4.80. The highest BCUT2D eigenvalue weighted by molar-refractivity contribution is 5.81. The molecule has 0 aromatic heterocycles. The Bertz CT molecular complexity index is 856.